The highest BCUT2D eigenvalue weighted by atomic mass is 16.5. The van der Waals surface area contributed by atoms with E-state index in [-0.39, 0.29) is 18.1 Å². The van der Waals surface area contributed by atoms with Crippen LogP contribution in [0.4, 0.5) is 11.4 Å². The lowest BCUT2D eigenvalue weighted by Gasteiger charge is -2.34. The van der Waals surface area contributed by atoms with Gasteiger partial charge in [-0.25, -0.2) is 0 Å². The van der Waals surface area contributed by atoms with Crippen molar-refractivity contribution in [3.8, 4) is 0 Å². The Kier molecular flexibility index (Phi) is 4.39. The molecular formula is C14H21N3O2. The van der Waals surface area contributed by atoms with E-state index in [4.69, 9.17) is 10.5 Å². The summed E-state index contributed by atoms with van der Waals surface area (Å²) < 4.78 is 5.64. The maximum atomic E-state index is 12.0. The van der Waals surface area contributed by atoms with Crippen molar-refractivity contribution in [2.24, 2.45) is 0 Å². The zero-order chi connectivity index (χ0) is 13.8. The summed E-state index contributed by atoms with van der Waals surface area (Å²) in [5, 5.41) is 2.84. The molecule has 1 heterocycles. The second-order valence-electron chi connectivity index (χ2n) is 5.09. The van der Waals surface area contributed by atoms with Crippen molar-refractivity contribution in [1.29, 1.82) is 0 Å². The van der Waals surface area contributed by atoms with E-state index in [1.54, 1.807) is 12.1 Å². The first-order chi connectivity index (χ1) is 9.04. The number of nitrogens with zero attached hydrogens (tertiary/aromatic N) is 1. The molecule has 2 unspecified atom stereocenters. The first-order valence-electron chi connectivity index (χ1n) is 6.56. The second kappa shape index (κ2) is 6.04. The van der Waals surface area contributed by atoms with Crippen molar-refractivity contribution in [3.05, 3.63) is 24.3 Å². The summed E-state index contributed by atoms with van der Waals surface area (Å²) in [5.41, 5.74) is 7.05. The molecule has 1 aromatic carbocycles. The molecule has 0 bridgehead atoms. The lowest BCUT2D eigenvalue weighted by atomic mass is 10.2. The minimum absolute atomic E-state index is 0.0424. The SMILES string of the molecule is CC1CN(CC(=O)Nc2ccccc2N)CC(C)O1. The van der Waals surface area contributed by atoms with Crippen molar-refractivity contribution in [2.75, 3.05) is 30.7 Å². The third-order valence-corrected chi connectivity index (χ3v) is 3.10. The normalized spacial score (nSPS) is 24.1. The molecule has 0 saturated carbocycles. The molecule has 5 heteroatoms. The van der Waals surface area contributed by atoms with Crippen molar-refractivity contribution in [3.63, 3.8) is 0 Å². The van der Waals surface area contributed by atoms with Gasteiger partial charge in [-0.1, -0.05) is 12.1 Å². The maximum absolute atomic E-state index is 12.0. The minimum Gasteiger partial charge on any atom is -0.397 e. The Labute approximate surface area is 113 Å². The van der Waals surface area contributed by atoms with Gasteiger partial charge in [-0.2, -0.15) is 0 Å². The summed E-state index contributed by atoms with van der Waals surface area (Å²) in [6, 6.07) is 7.27. The van der Waals surface area contributed by atoms with Crippen molar-refractivity contribution in [2.45, 2.75) is 26.1 Å². The lowest BCUT2D eigenvalue weighted by Crippen LogP contribution is -2.48. The van der Waals surface area contributed by atoms with Gasteiger partial charge in [0.2, 0.25) is 5.91 Å². The van der Waals surface area contributed by atoms with Crippen LogP contribution in [0, 0.1) is 0 Å². The molecule has 1 fully saturated rings. The van der Waals surface area contributed by atoms with E-state index in [1.165, 1.54) is 0 Å². The highest BCUT2D eigenvalue weighted by molar-refractivity contribution is 5.95. The number of anilines is 2. The zero-order valence-corrected chi connectivity index (χ0v) is 11.4. The highest BCUT2D eigenvalue weighted by Gasteiger charge is 2.23. The molecule has 0 radical (unpaired) electrons. The molecule has 1 aromatic rings. The second-order valence-corrected chi connectivity index (χ2v) is 5.09. The van der Waals surface area contributed by atoms with Crippen LogP contribution in [0.25, 0.3) is 0 Å². The first kappa shape index (κ1) is 13.8. The van der Waals surface area contributed by atoms with Crippen LogP contribution in [0.3, 0.4) is 0 Å². The fraction of sp³-hybridized carbons (Fsp3) is 0.500. The number of amides is 1. The van der Waals surface area contributed by atoms with Gasteiger partial charge in [-0.15, -0.1) is 0 Å². The molecule has 2 rings (SSSR count). The number of hydrogen-bond donors (Lipinski definition) is 2. The molecule has 1 saturated heterocycles. The molecule has 3 N–H and O–H groups in total. The number of ether oxygens (including phenoxy) is 1. The van der Waals surface area contributed by atoms with E-state index >= 15 is 0 Å². The Morgan fingerprint density at radius 1 is 1.37 bits per heavy atom. The number of carbonyl (C=O) groups is 1. The summed E-state index contributed by atoms with van der Waals surface area (Å²) in [6.45, 7) is 5.97. The van der Waals surface area contributed by atoms with E-state index in [9.17, 15) is 4.79 Å². The first-order valence-corrected chi connectivity index (χ1v) is 6.56. The van der Waals surface area contributed by atoms with Crippen LogP contribution in [0.2, 0.25) is 0 Å². The predicted molar refractivity (Wildman–Crippen MR) is 75.9 cm³/mol. The van der Waals surface area contributed by atoms with Gasteiger partial charge in [-0.05, 0) is 26.0 Å². The van der Waals surface area contributed by atoms with Gasteiger partial charge < -0.3 is 15.8 Å². The Balaban J connectivity index is 1.89. The smallest absolute Gasteiger partial charge is 0.238 e. The van der Waals surface area contributed by atoms with Crippen LogP contribution in [0.15, 0.2) is 24.3 Å². The van der Waals surface area contributed by atoms with Gasteiger partial charge in [0.1, 0.15) is 0 Å². The number of rotatable bonds is 3. The van der Waals surface area contributed by atoms with E-state index in [0.29, 0.717) is 17.9 Å². The maximum Gasteiger partial charge on any atom is 0.238 e. The Morgan fingerprint density at radius 2 is 2.00 bits per heavy atom. The highest BCUT2D eigenvalue weighted by Crippen LogP contribution is 2.17. The largest absolute Gasteiger partial charge is 0.397 e. The van der Waals surface area contributed by atoms with Crippen LogP contribution >= 0.6 is 0 Å². The third kappa shape index (κ3) is 3.94. The molecule has 1 aliphatic heterocycles. The van der Waals surface area contributed by atoms with Gasteiger partial charge in [0.15, 0.2) is 0 Å². The Morgan fingerprint density at radius 3 is 2.63 bits per heavy atom. The number of para-hydroxylation sites is 2. The fourth-order valence-corrected chi connectivity index (χ4v) is 2.42. The number of nitrogens with one attached hydrogen (secondary N) is 1. The van der Waals surface area contributed by atoms with Crippen molar-refractivity contribution in [1.82, 2.24) is 4.90 Å². The number of morpholine rings is 1. The summed E-state index contributed by atoms with van der Waals surface area (Å²) in [5.74, 6) is -0.0424. The van der Waals surface area contributed by atoms with Gasteiger partial charge in [0.25, 0.3) is 0 Å². The lowest BCUT2D eigenvalue weighted by molar-refractivity contribution is -0.121. The summed E-state index contributed by atoms with van der Waals surface area (Å²) >= 11 is 0. The Bertz CT molecular complexity index is 440. The van der Waals surface area contributed by atoms with Crippen LogP contribution < -0.4 is 11.1 Å². The van der Waals surface area contributed by atoms with Crippen LogP contribution in [0.5, 0.6) is 0 Å². The van der Waals surface area contributed by atoms with Gasteiger partial charge in [0.05, 0.1) is 30.1 Å². The predicted octanol–water partition coefficient (Wildman–Crippen LogP) is 1.32. The van der Waals surface area contributed by atoms with Gasteiger partial charge in [-0.3, -0.25) is 9.69 Å². The average molecular weight is 263 g/mol. The quantitative estimate of drug-likeness (QED) is 0.807. The Hall–Kier alpha value is -1.59. The number of hydrogen-bond acceptors (Lipinski definition) is 4. The number of nitrogens with two attached hydrogens (primary N) is 1. The monoisotopic (exact) mass is 263 g/mol. The van der Waals surface area contributed by atoms with Gasteiger partial charge in [0, 0.05) is 13.1 Å². The minimum atomic E-state index is -0.0424. The summed E-state index contributed by atoms with van der Waals surface area (Å²) in [7, 11) is 0. The third-order valence-electron chi connectivity index (χ3n) is 3.10. The van der Waals surface area contributed by atoms with E-state index in [1.807, 2.05) is 26.0 Å². The number of nitrogen functional groups attached to an aromatic ring is 1. The molecule has 1 aliphatic rings. The summed E-state index contributed by atoms with van der Waals surface area (Å²) in [4.78, 5) is 14.1. The number of benzene rings is 1. The van der Waals surface area contributed by atoms with E-state index in [0.717, 1.165) is 13.1 Å². The van der Waals surface area contributed by atoms with E-state index in [2.05, 4.69) is 10.2 Å². The molecule has 104 valence electrons. The standard InChI is InChI=1S/C14H21N3O2/c1-10-7-17(8-11(2)19-10)9-14(18)16-13-6-4-3-5-12(13)15/h3-6,10-11H,7-9,15H2,1-2H3,(H,16,18). The molecule has 19 heavy (non-hydrogen) atoms. The van der Waals surface area contributed by atoms with Crippen LogP contribution in [-0.4, -0.2) is 42.6 Å². The van der Waals surface area contributed by atoms with Gasteiger partial charge >= 0.3 is 0 Å². The molecule has 5 nitrogen and oxygen atoms in total. The number of carbonyl (C=O) groups excluding carboxylic acids is 1. The molecule has 0 aliphatic carbocycles. The average Bonchev–Trinajstić information content (AvgIpc) is 2.30. The van der Waals surface area contributed by atoms with Crippen LogP contribution in [0.1, 0.15) is 13.8 Å². The molecular weight excluding hydrogens is 242 g/mol. The van der Waals surface area contributed by atoms with Crippen molar-refractivity contribution < 1.29 is 9.53 Å². The molecule has 0 spiro atoms. The van der Waals surface area contributed by atoms with E-state index < -0.39 is 0 Å². The molecule has 1 amide bonds. The fourth-order valence-electron chi connectivity index (χ4n) is 2.42. The zero-order valence-electron chi connectivity index (χ0n) is 11.4. The summed E-state index contributed by atoms with van der Waals surface area (Å²) in [6.07, 6.45) is 0.330. The molecule has 2 atom stereocenters. The topological polar surface area (TPSA) is 67.6 Å². The van der Waals surface area contributed by atoms with Crippen molar-refractivity contribution >= 4 is 17.3 Å². The van der Waals surface area contributed by atoms with Crippen LogP contribution in [-0.2, 0) is 9.53 Å². The molecule has 0 aromatic heterocycles.